The molecule has 0 aliphatic carbocycles. The van der Waals surface area contributed by atoms with E-state index in [1.807, 2.05) is 0 Å². The third-order valence-corrected chi connectivity index (χ3v) is 7.48. The summed E-state index contributed by atoms with van der Waals surface area (Å²) in [6, 6.07) is 9.28. The number of aliphatic hydroxyl groups is 2. The first-order valence-corrected chi connectivity index (χ1v) is 13.3. The summed E-state index contributed by atoms with van der Waals surface area (Å²) < 4.78 is 54.1. The van der Waals surface area contributed by atoms with Gasteiger partial charge in [-0.05, 0) is 51.2 Å². The maximum absolute atomic E-state index is 13.9. The van der Waals surface area contributed by atoms with E-state index in [2.05, 4.69) is 4.98 Å². The number of hydrogen-bond donors (Lipinski definition) is 3. The lowest BCUT2D eigenvalue weighted by Crippen LogP contribution is -2.44. The van der Waals surface area contributed by atoms with Crippen LogP contribution in [0.2, 0.25) is 0 Å². The Morgan fingerprint density at radius 3 is 2.64 bits per heavy atom. The molecule has 11 nitrogen and oxygen atoms in total. The molecule has 1 fully saturated rings. The largest absolute Gasteiger partial charge is 0.463 e. The van der Waals surface area contributed by atoms with Crippen molar-refractivity contribution < 1.29 is 40.8 Å². The number of ether oxygens (including phenoxy) is 2. The van der Waals surface area contributed by atoms with Crippen LogP contribution >= 0.6 is 19.8 Å². The number of esters is 1. The van der Waals surface area contributed by atoms with Crippen molar-refractivity contribution in [2.24, 2.45) is 5.92 Å². The van der Waals surface area contributed by atoms with Crippen LogP contribution in [0.15, 0.2) is 42.6 Å². The second kappa shape index (κ2) is 11.4. The van der Waals surface area contributed by atoms with Crippen molar-refractivity contribution in [2.45, 2.75) is 57.8 Å². The van der Waals surface area contributed by atoms with Crippen molar-refractivity contribution in [1.82, 2.24) is 9.55 Å². The van der Waals surface area contributed by atoms with Crippen LogP contribution in [0.3, 0.4) is 0 Å². The van der Waals surface area contributed by atoms with Crippen LogP contribution in [-0.4, -0.2) is 62.4 Å². The molecular weight excluding hydrogens is 509 g/mol. The zero-order valence-corrected chi connectivity index (χ0v) is 22.0. The molecule has 1 aliphatic heterocycles. The molecule has 1 saturated heterocycles. The van der Waals surface area contributed by atoms with Crippen molar-refractivity contribution in [3.8, 4) is 5.75 Å². The molecule has 36 heavy (non-hydrogen) atoms. The van der Waals surface area contributed by atoms with E-state index in [0.29, 0.717) is 0 Å². The highest BCUT2D eigenvalue weighted by Crippen LogP contribution is 2.51. The summed E-state index contributed by atoms with van der Waals surface area (Å²) in [5, 5.41) is 21.9. The van der Waals surface area contributed by atoms with E-state index in [9.17, 15) is 19.6 Å². The van der Waals surface area contributed by atoms with E-state index in [1.54, 1.807) is 32.0 Å². The molecule has 0 bridgehead atoms. The lowest BCUT2D eigenvalue weighted by molar-refractivity contribution is -0.151. The number of benzene rings is 1. The topological polar surface area (TPSA) is 155 Å². The molecule has 1 aliphatic rings. The summed E-state index contributed by atoms with van der Waals surface area (Å²) in [6.07, 6.45) is -4.70. The van der Waals surface area contributed by atoms with E-state index in [4.69, 9.17) is 39.2 Å². The second-order valence-electron chi connectivity index (χ2n) is 8.92. The van der Waals surface area contributed by atoms with Gasteiger partial charge < -0.3 is 29.9 Å². The summed E-state index contributed by atoms with van der Waals surface area (Å²) in [5.41, 5.74) is 3.56. The first-order valence-electron chi connectivity index (χ1n) is 12.2. The smallest absolute Gasteiger partial charge is 0.380 e. The van der Waals surface area contributed by atoms with Crippen LogP contribution in [0.5, 0.6) is 5.75 Å². The Balaban J connectivity index is 1.92. The third-order valence-electron chi connectivity index (χ3n) is 5.31. The lowest BCUT2D eigenvalue weighted by atomic mass is 9.96. The van der Waals surface area contributed by atoms with Gasteiger partial charge in [-0.2, -0.15) is 0 Å². The Kier molecular flexibility index (Phi) is 8.00. The van der Waals surface area contributed by atoms with Crippen LogP contribution in [0.1, 0.15) is 36.7 Å². The summed E-state index contributed by atoms with van der Waals surface area (Å²) >= 11 is 5.18. The van der Waals surface area contributed by atoms with Crippen LogP contribution in [0, 0.1) is 10.7 Å². The number of aromatic nitrogens is 2. The van der Waals surface area contributed by atoms with Gasteiger partial charge in [0.2, 0.25) is 4.77 Å². The monoisotopic (exact) mass is 543 g/mol. The standard InChI is InChI=1S/C23H32N3O8PS/c1-14(2)32-20(28)15(3)13-35(30,34-16-8-6-5-7-9-16)31-12-17-19(27)23(4,29)21(33-17)26-11-10-18(24)25-22(26)36/h5-11,14-15,17,19,21,27,29H,12-13H2,1-4H3,(H2,24,25,36)/t15-,17-,19+,21-,23?,35?/m1/s1/i12D2. The Morgan fingerprint density at radius 2 is 2.03 bits per heavy atom. The van der Waals surface area contributed by atoms with Gasteiger partial charge in [0.15, 0.2) is 6.23 Å². The zero-order chi connectivity index (χ0) is 28.5. The molecule has 2 aromatic rings. The Labute approximate surface area is 217 Å². The first kappa shape index (κ1) is 25.3. The van der Waals surface area contributed by atoms with Gasteiger partial charge >= 0.3 is 13.6 Å². The fraction of sp³-hybridized carbons (Fsp3) is 0.522. The number of para-hydroxylation sites is 1. The molecule has 0 radical (unpaired) electrons. The number of hydrogen-bond acceptors (Lipinski definition) is 11. The molecule has 2 unspecified atom stereocenters. The molecule has 0 saturated carbocycles. The van der Waals surface area contributed by atoms with E-state index < -0.39 is 62.3 Å². The number of nitrogens with zero attached hydrogens (tertiary/aromatic N) is 2. The van der Waals surface area contributed by atoms with Gasteiger partial charge in [-0.1, -0.05) is 25.1 Å². The van der Waals surface area contributed by atoms with Gasteiger partial charge in [0.25, 0.3) is 0 Å². The Bertz CT molecular complexity index is 1250. The van der Waals surface area contributed by atoms with Gasteiger partial charge in [0.05, 0.1) is 27.5 Å². The van der Waals surface area contributed by atoms with Crippen LogP contribution in [0.25, 0.3) is 0 Å². The van der Waals surface area contributed by atoms with Crippen molar-refractivity contribution in [1.29, 1.82) is 0 Å². The molecule has 13 heteroatoms. The SMILES string of the molecule is [2H]C([2H])(OP(=O)(C[C@@H](C)C(=O)OC(C)C)Oc1ccccc1)[C@H]1O[C@@H](n2ccc(N)nc2=S)C(C)(O)[C@H]1O. The minimum absolute atomic E-state index is 0.0832. The highest BCUT2D eigenvalue weighted by atomic mass is 32.1. The van der Waals surface area contributed by atoms with Gasteiger partial charge in [0, 0.05) is 6.20 Å². The molecule has 3 rings (SSSR count). The average Bonchev–Trinajstić information content (AvgIpc) is 3.03. The van der Waals surface area contributed by atoms with E-state index in [1.165, 1.54) is 42.8 Å². The lowest BCUT2D eigenvalue weighted by Gasteiger charge is -2.28. The van der Waals surface area contributed by atoms with Gasteiger partial charge in [-0.25, -0.2) is 9.55 Å². The van der Waals surface area contributed by atoms with Crippen LogP contribution in [0.4, 0.5) is 5.82 Å². The number of anilines is 1. The van der Waals surface area contributed by atoms with Crippen molar-refractivity contribution in [3.05, 3.63) is 47.4 Å². The predicted octanol–water partition coefficient (Wildman–Crippen LogP) is 3.08. The first-order chi connectivity index (χ1) is 17.6. The fourth-order valence-electron chi connectivity index (χ4n) is 3.47. The normalized spacial score (nSPS) is 27.6. The molecular formula is C23H32N3O8PS. The Hall–Kier alpha value is -2.34. The Morgan fingerprint density at radius 1 is 1.36 bits per heavy atom. The summed E-state index contributed by atoms with van der Waals surface area (Å²) in [6.45, 7) is 3.00. The zero-order valence-electron chi connectivity index (χ0n) is 22.3. The number of rotatable bonds is 10. The average molecular weight is 544 g/mol. The van der Waals surface area contributed by atoms with E-state index >= 15 is 0 Å². The quantitative estimate of drug-likeness (QED) is 0.230. The van der Waals surface area contributed by atoms with Crippen LogP contribution in [-0.2, 0) is 23.4 Å². The van der Waals surface area contributed by atoms with Crippen molar-refractivity contribution >= 4 is 31.6 Å². The minimum atomic E-state index is -4.45. The summed E-state index contributed by atoms with van der Waals surface area (Å²) in [4.78, 5) is 16.3. The van der Waals surface area contributed by atoms with E-state index in [0.717, 1.165) is 0 Å². The maximum Gasteiger partial charge on any atom is 0.380 e. The number of carbonyl (C=O) groups is 1. The second-order valence-corrected chi connectivity index (χ2v) is 11.2. The number of aliphatic hydroxyl groups excluding tert-OH is 1. The molecule has 0 amide bonds. The molecule has 4 N–H and O–H groups in total. The maximum atomic E-state index is 13.9. The van der Waals surface area contributed by atoms with Gasteiger partial charge in [-0.3, -0.25) is 13.9 Å². The fourth-order valence-corrected chi connectivity index (χ4v) is 5.45. The summed E-state index contributed by atoms with van der Waals surface area (Å²) in [5.74, 6) is -1.45. The minimum Gasteiger partial charge on any atom is -0.463 e. The van der Waals surface area contributed by atoms with Gasteiger partial charge in [0.1, 0.15) is 29.4 Å². The number of nitrogens with two attached hydrogens (primary N) is 1. The number of nitrogen functional groups attached to an aromatic ring is 1. The van der Waals surface area contributed by atoms with Gasteiger partial charge in [-0.15, -0.1) is 0 Å². The molecule has 0 spiro atoms. The van der Waals surface area contributed by atoms with Crippen LogP contribution < -0.4 is 10.3 Å². The molecule has 6 atom stereocenters. The van der Waals surface area contributed by atoms with Crippen molar-refractivity contribution in [3.63, 3.8) is 0 Å². The molecule has 1 aromatic carbocycles. The highest BCUT2D eigenvalue weighted by molar-refractivity contribution is 7.71. The van der Waals surface area contributed by atoms with Crippen molar-refractivity contribution in [2.75, 3.05) is 18.5 Å². The highest BCUT2D eigenvalue weighted by Gasteiger charge is 2.53. The molecule has 1 aromatic heterocycles. The number of carbonyl (C=O) groups excluding carboxylic acids is 1. The molecule has 198 valence electrons. The third kappa shape index (κ3) is 6.70. The molecule has 2 heterocycles. The summed E-state index contributed by atoms with van der Waals surface area (Å²) in [7, 11) is -4.45. The predicted molar refractivity (Wildman–Crippen MR) is 134 cm³/mol. The van der Waals surface area contributed by atoms with E-state index in [-0.39, 0.29) is 16.3 Å².